The molecule has 0 heterocycles. The zero-order chi connectivity index (χ0) is 3.41. The molecule has 0 saturated heterocycles. The van der Waals surface area contributed by atoms with E-state index in [4.69, 9.17) is 0 Å². The summed E-state index contributed by atoms with van der Waals surface area (Å²) in [7, 11) is 1.25. The largest absolute Gasteiger partial charge is 0.113 e. The summed E-state index contributed by atoms with van der Waals surface area (Å²) in [6.45, 7) is 2.11. The Balaban J connectivity index is -0.0000000450. The van der Waals surface area contributed by atoms with E-state index in [9.17, 15) is 0 Å². The second-order valence-electron chi connectivity index (χ2n) is 0.540. The van der Waals surface area contributed by atoms with Gasteiger partial charge in [-0.3, -0.25) is 0 Å². The maximum absolute atomic E-state index is 3.58. The van der Waals surface area contributed by atoms with Crippen LogP contribution in [0, 0.1) is 0 Å². The van der Waals surface area contributed by atoms with Gasteiger partial charge in [0.05, 0.1) is 0 Å². The Kier molecular flexibility index (Phi) is 41.2. The van der Waals surface area contributed by atoms with Crippen LogP contribution in [-0.4, -0.2) is 12.5 Å². The molecule has 0 amide bonds. The van der Waals surface area contributed by atoms with Crippen molar-refractivity contribution < 1.29 is 53.8 Å². The van der Waals surface area contributed by atoms with Gasteiger partial charge in [-0.05, 0) is 6.16 Å². The van der Waals surface area contributed by atoms with Crippen molar-refractivity contribution in [2.24, 2.45) is 0 Å². The van der Waals surface area contributed by atoms with Crippen LogP contribution in [0.4, 0.5) is 0 Å². The van der Waals surface area contributed by atoms with Crippen LogP contribution in [0.15, 0.2) is 0 Å². The third-order valence-electron chi connectivity index (χ3n) is 0.224. The number of rotatable bonds is 1. The Morgan fingerprint density at radius 3 is 1.83 bits per heavy atom. The van der Waals surface area contributed by atoms with Gasteiger partial charge in [-0.1, -0.05) is 13.2 Å². The van der Waals surface area contributed by atoms with Gasteiger partial charge in [-0.15, -0.1) is 8.20 Å². The smallest absolute Gasteiger partial charge is 0 e. The predicted molar refractivity (Wildman–Crippen MR) is 24.6 cm³/mol. The van der Waals surface area contributed by atoms with Crippen LogP contribution in [0.1, 0.15) is 6.92 Å². The summed E-state index contributed by atoms with van der Waals surface area (Å²) in [6.07, 6.45) is 4.76. The van der Waals surface area contributed by atoms with E-state index in [1.54, 1.807) is 0 Å². The zero-order valence-electron chi connectivity index (χ0n) is 3.85. The van der Waals surface area contributed by atoms with E-state index in [2.05, 4.69) is 13.2 Å². The molecule has 0 atom stereocenters. The molecule has 33 valence electrons. The fourth-order valence-corrected chi connectivity index (χ4v) is 0. The molecule has 0 fully saturated rings. The van der Waals surface area contributed by atoms with Crippen LogP contribution >= 0.6 is 8.20 Å². The normalized spacial score (nSPS) is 5.50. The van der Waals surface area contributed by atoms with Gasteiger partial charge >= 0.3 is 0 Å². The average molecular weight is 347 g/mol. The Labute approximate surface area is 80.4 Å². The van der Waals surface area contributed by atoms with Crippen molar-refractivity contribution in [2.75, 3.05) is 6.16 Å². The first-order chi connectivity index (χ1) is 1.91. The third kappa shape index (κ3) is 16.7. The molecule has 0 nitrogen and oxygen atoms in total. The van der Waals surface area contributed by atoms with Crippen molar-refractivity contribution in [2.45, 2.75) is 6.92 Å². The fraction of sp³-hybridized carbons (Fsp3) is 0.667. The molecule has 0 aliphatic rings. The Morgan fingerprint density at radius 1 is 1.67 bits per heavy atom. The van der Waals surface area contributed by atoms with E-state index in [0.717, 1.165) is 0 Å². The van der Waals surface area contributed by atoms with Gasteiger partial charge in [0.25, 0.3) is 0 Å². The summed E-state index contributed by atoms with van der Waals surface area (Å²) in [5.74, 6) is 0. The van der Waals surface area contributed by atoms with E-state index >= 15 is 0 Å². The number of hydrogen-bond acceptors (Lipinski definition) is 0. The van der Waals surface area contributed by atoms with Crippen LogP contribution in [0.25, 0.3) is 0 Å². The average Bonchev–Trinajstić information content (AvgIpc) is 1.37. The zero-order valence-corrected chi connectivity index (χ0v) is 10.5. The summed E-state index contributed by atoms with van der Waals surface area (Å²) in [5, 5.41) is 0. The van der Waals surface area contributed by atoms with Crippen molar-refractivity contribution in [3.8, 4) is 0 Å². The minimum atomic E-state index is 0. The minimum Gasteiger partial charge on any atom is -0.113 e. The monoisotopic (exact) mass is 347 g/mol. The molecule has 6 heavy (non-hydrogen) atoms. The summed E-state index contributed by atoms with van der Waals surface area (Å²) in [5.41, 5.74) is 0. The van der Waals surface area contributed by atoms with Gasteiger partial charge < -0.3 is 0 Å². The molecule has 1 radical (unpaired) electrons. The molecule has 0 aromatic rings. The SMILES string of the molecule is C=PCC.[W].[Y]. The van der Waals surface area contributed by atoms with E-state index < -0.39 is 0 Å². The molecule has 0 bridgehead atoms. The minimum absolute atomic E-state index is 0. The van der Waals surface area contributed by atoms with Crippen LogP contribution in [0.3, 0.4) is 0 Å². The first-order valence-electron chi connectivity index (χ1n) is 1.34. The first-order valence-corrected chi connectivity index (χ1v) is 2.60. The van der Waals surface area contributed by atoms with Gasteiger partial charge in [0, 0.05) is 53.8 Å². The van der Waals surface area contributed by atoms with Crippen molar-refractivity contribution in [1.82, 2.24) is 0 Å². The second kappa shape index (κ2) is 15.8. The van der Waals surface area contributed by atoms with Gasteiger partial charge in [-0.25, -0.2) is 0 Å². The Morgan fingerprint density at radius 2 is 1.83 bits per heavy atom. The first kappa shape index (κ1) is 15.7. The maximum atomic E-state index is 3.58. The maximum Gasteiger partial charge on any atom is 0 e. The standard InChI is InChI=1S/C3H7P.W.Y/c1-3-4-2;;/h2-3H2,1H3;;. The van der Waals surface area contributed by atoms with E-state index in [1.165, 1.54) is 14.4 Å². The quantitative estimate of drug-likeness (QED) is 0.629. The fourth-order valence-electron chi connectivity index (χ4n) is 0. The van der Waals surface area contributed by atoms with E-state index in [1.807, 2.05) is 0 Å². The van der Waals surface area contributed by atoms with Crippen LogP contribution < -0.4 is 0 Å². The van der Waals surface area contributed by atoms with Crippen LogP contribution in [-0.2, 0) is 53.8 Å². The molecule has 0 aromatic heterocycles. The summed E-state index contributed by atoms with van der Waals surface area (Å²) < 4.78 is 0. The van der Waals surface area contributed by atoms with E-state index in [-0.39, 0.29) is 53.8 Å². The number of hydrogen-bond donors (Lipinski definition) is 0. The van der Waals surface area contributed by atoms with E-state index in [0.29, 0.717) is 0 Å². The third-order valence-corrected chi connectivity index (χ3v) is 0.671. The molecule has 0 rings (SSSR count). The molecular weight excluding hydrogens is 340 g/mol. The van der Waals surface area contributed by atoms with Crippen molar-refractivity contribution >= 4 is 14.5 Å². The summed E-state index contributed by atoms with van der Waals surface area (Å²) in [6, 6.07) is 0. The van der Waals surface area contributed by atoms with Crippen LogP contribution in [0.5, 0.6) is 0 Å². The van der Waals surface area contributed by atoms with Gasteiger partial charge in [0.2, 0.25) is 0 Å². The second-order valence-corrected chi connectivity index (χ2v) is 1.62. The summed E-state index contributed by atoms with van der Waals surface area (Å²) >= 11 is 0. The van der Waals surface area contributed by atoms with Gasteiger partial charge in [-0.2, -0.15) is 0 Å². The van der Waals surface area contributed by atoms with Crippen molar-refractivity contribution in [3.63, 3.8) is 0 Å². The molecule has 0 spiro atoms. The Hall–Kier alpha value is 1.96. The Bertz CT molecular complexity index is 24.8. The summed E-state index contributed by atoms with van der Waals surface area (Å²) in [4.78, 5) is 0. The molecule has 0 unspecified atom stereocenters. The molecule has 0 saturated carbocycles. The van der Waals surface area contributed by atoms with Gasteiger partial charge in [0.15, 0.2) is 0 Å². The predicted octanol–water partition coefficient (Wildman–Crippen LogP) is 1.38. The molecule has 0 aliphatic carbocycles. The molecule has 3 heteroatoms. The molecule has 0 aliphatic heterocycles. The molecular formula is C3H7PWY. The van der Waals surface area contributed by atoms with Crippen molar-refractivity contribution in [3.05, 3.63) is 0 Å². The van der Waals surface area contributed by atoms with Gasteiger partial charge in [0.1, 0.15) is 0 Å². The van der Waals surface area contributed by atoms with Crippen molar-refractivity contribution in [1.29, 1.82) is 0 Å². The van der Waals surface area contributed by atoms with Crippen LogP contribution in [0.2, 0.25) is 0 Å². The molecule has 0 N–H and O–H groups in total. The molecule has 0 aromatic carbocycles. The topological polar surface area (TPSA) is 0 Å².